The van der Waals surface area contributed by atoms with E-state index < -0.39 is 11.4 Å². The number of hydrogen-bond donors (Lipinski definition) is 0. The summed E-state index contributed by atoms with van der Waals surface area (Å²) in [6.45, 7) is 10.1. The van der Waals surface area contributed by atoms with Crippen LogP contribution in [-0.2, 0) is 27.9 Å². The molecule has 1 unspecified atom stereocenters. The Labute approximate surface area is 332 Å². The van der Waals surface area contributed by atoms with Crippen LogP contribution in [0.25, 0.3) is 11.0 Å². The Balaban J connectivity index is 1.20. The number of carbonyl (C=O) groups is 3. The second-order valence-corrected chi connectivity index (χ2v) is 15.1. The van der Waals surface area contributed by atoms with Gasteiger partial charge < -0.3 is 33.3 Å². The van der Waals surface area contributed by atoms with Gasteiger partial charge in [0.25, 0.3) is 5.91 Å². The average Bonchev–Trinajstić information content (AvgIpc) is 3.80. The molecule has 0 bridgehead atoms. The third-order valence-corrected chi connectivity index (χ3v) is 11.9. The van der Waals surface area contributed by atoms with Gasteiger partial charge in [-0.3, -0.25) is 14.4 Å². The summed E-state index contributed by atoms with van der Waals surface area (Å²) in [5, 5.41) is 0.919. The number of fused-ring (bicyclic) bond motifs is 1. The van der Waals surface area contributed by atoms with Crippen LogP contribution in [0.4, 0.5) is 0 Å². The van der Waals surface area contributed by atoms with Gasteiger partial charge in [0.1, 0.15) is 5.75 Å². The van der Waals surface area contributed by atoms with E-state index in [1.165, 1.54) is 21.1 Å². The fourth-order valence-electron chi connectivity index (χ4n) is 8.18. The second-order valence-electron chi connectivity index (χ2n) is 14.3. The number of hydrogen-bond acceptors (Lipinski definition) is 9. The minimum absolute atomic E-state index is 0.0814. The third kappa shape index (κ3) is 8.50. The molecule has 2 fully saturated rings. The van der Waals surface area contributed by atoms with Crippen molar-refractivity contribution in [1.82, 2.24) is 19.4 Å². The molecule has 4 aromatic rings. The third-order valence-electron chi connectivity index (χ3n) is 11.1. The van der Waals surface area contributed by atoms with Crippen LogP contribution in [0.5, 0.6) is 17.2 Å². The van der Waals surface area contributed by atoms with Gasteiger partial charge in [0, 0.05) is 50.1 Å². The van der Waals surface area contributed by atoms with Crippen molar-refractivity contribution in [1.29, 1.82) is 0 Å². The summed E-state index contributed by atoms with van der Waals surface area (Å²) in [6, 6.07) is 15.2. The van der Waals surface area contributed by atoms with Crippen LogP contribution in [0.3, 0.4) is 0 Å². The van der Waals surface area contributed by atoms with Crippen LogP contribution in [0.1, 0.15) is 78.6 Å². The highest BCUT2D eigenvalue weighted by Crippen LogP contribution is 2.45. The van der Waals surface area contributed by atoms with E-state index >= 15 is 0 Å². The number of nitrogens with zero attached hydrogens (tertiary/aromatic N) is 4. The smallest absolute Gasteiger partial charge is 0.308 e. The van der Waals surface area contributed by atoms with Gasteiger partial charge in [-0.05, 0) is 94.6 Å². The largest absolute Gasteiger partial charge is 0.496 e. The molecule has 2 aliphatic heterocycles. The summed E-state index contributed by atoms with van der Waals surface area (Å²) in [7, 11) is 3.03. The van der Waals surface area contributed by atoms with Crippen molar-refractivity contribution in [2.24, 2.45) is 5.92 Å². The number of methoxy groups -OCH3 is 2. The number of amides is 1. The molecule has 0 N–H and O–H groups in total. The fraction of sp³-hybridized carbons (Fsp3) is 0.476. The predicted octanol–water partition coefficient (Wildman–Crippen LogP) is 7.65. The number of para-hydroxylation sites is 2. The number of likely N-dealkylation sites (tertiary alicyclic amines) is 2. The maximum Gasteiger partial charge on any atom is 0.308 e. The number of piperidine rings is 1. The molecule has 0 aliphatic carbocycles. The van der Waals surface area contributed by atoms with E-state index in [-0.39, 0.29) is 28.9 Å². The van der Waals surface area contributed by atoms with Crippen LogP contribution in [0.2, 0.25) is 10.0 Å². The van der Waals surface area contributed by atoms with Crippen LogP contribution in [0, 0.1) is 5.92 Å². The first kappa shape index (κ1) is 40.5. The topological polar surface area (TPSA) is 112 Å². The summed E-state index contributed by atoms with van der Waals surface area (Å²) >= 11 is 13.0. The van der Waals surface area contributed by atoms with Gasteiger partial charge in [-0.25, -0.2) is 4.98 Å². The zero-order chi connectivity index (χ0) is 39.3. The van der Waals surface area contributed by atoms with E-state index in [2.05, 4.69) is 4.90 Å². The first-order chi connectivity index (χ1) is 26.5. The molecule has 1 amide bonds. The van der Waals surface area contributed by atoms with Crippen molar-refractivity contribution in [2.45, 2.75) is 64.8 Å². The van der Waals surface area contributed by atoms with E-state index in [4.69, 9.17) is 47.1 Å². The van der Waals surface area contributed by atoms with Crippen LogP contribution in [0.15, 0.2) is 48.5 Å². The van der Waals surface area contributed by atoms with Gasteiger partial charge in [-0.2, -0.15) is 0 Å². The van der Waals surface area contributed by atoms with Crippen LogP contribution in [-0.4, -0.2) is 97.2 Å². The molecule has 1 atom stereocenters. The Hall–Kier alpha value is -4.16. The summed E-state index contributed by atoms with van der Waals surface area (Å²) in [5.41, 5.74) is 3.24. The molecular formula is C42H50Cl2N4O7. The molecule has 0 radical (unpaired) electrons. The highest BCUT2D eigenvalue weighted by molar-refractivity contribution is 6.42. The van der Waals surface area contributed by atoms with Crippen molar-refractivity contribution in [3.63, 3.8) is 0 Å². The quantitative estimate of drug-likeness (QED) is 0.0519. The van der Waals surface area contributed by atoms with E-state index in [0.717, 1.165) is 55.5 Å². The number of imidazole rings is 1. The summed E-state index contributed by atoms with van der Waals surface area (Å²) in [4.78, 5) is 49.6. The SMILES string of the molecule is CCOCCn1c(C(=O)C2CCN(CCC3(c4ccc(Cl)c(Cl)c4)CCN(C(=O)c4cc(OC)c(CC)c(OC)c4OC(C)=O)C3)CC2)nc2ccccc21. The standard InChI is InChI=1S/C42H50Cl2N4O7/c1-6-30-36(52-4)25-31(39(38(30)53-5)55-27(3)49)41(51)47-21-17-42(26-47,29-12-13-32(43)33(44)24-29)16-20-46-18-14-28(15-19-46)37(50)40-45-34-10-8-9-11-35(34)48(40)22-23-54-7-2/h8-13,24-25,28H,6-7,14-23,26H2,1-5H3. The summed E-state index contributed by atoms with van der Waals surface area (Å²) in [6.07, 6.45) is 3.44. The molecule has 2 saturated heterocycles. The minimum Gasteiger partial charge on any atom is -0.496 e. The number of ether oxygens (including phenoxy) is 4. The molecule has 1 aromatic heterocycles. The number of halogens is 2. The van der Waals surface area contributed by atoms with Crippen molar-refractivity contribution in [2.75, 3.05) is 60.2 Å². The molecule has 294 valence electrons. The number of esters is 1. The van der Waals surface area contributed by atoms with Crippen LogP contribution >= 0.6 is 23.2 Å². The molecule has 3 aromatic carbocycles. The Kier molecular flexibility index (Phi) is 13.1. The average molecular weight is 794 g/mol. The molecule has 11 nitrogen and oxygen atoms in total. The first-order valence-corrected chi connectivity index (χ1v) is 19.8. The van der Waals surface area contributed by atoms with Crippen molar-refractivity contribution < 1.29 is 33.3 Å². The van der Waals surface area contributed by atoms with Crippen molar-refractivity contribution in [3.8, 4) is 17.2 Å². The predicted molar refractivity (Wildman–Crippen MR) is 213 cm³/mol. The molecule has 0 saturated carbocycles. The first-order valence-electron chi connectivity index (χ1n) is 19.0. The Bertz CT molecular complexity index is 2040. The van der Waals surface area contributed by atoms with E-state index in [9.17, 15) is 14.4 Å². The Morgan fingerprint density at radius 1 is 0.927 bits per heavy atom. The molecule has 13 heteroatoms. The lowest BCUT2D eigenvalue weighted by molar-refractivity contribution is -0.132. The lowest BCUT2D eigenvalue weighted by Gasteiger charge is -2.36. The van der Waals surface area contributed by atoms with Gasteiger partial charge in [0.2, 0.25) is 5.78 Å². The molecule has 0 spiro atoms. The van der Waals surface area contributed by atoms with Gasteiger partial charge in [0.15, 0.2) is 17.3 Å². The molecule has 2 aliphatic rings. The number of ketones is 1. The lowest BCUT2D eigenvalue weighted by atomic mass is 9.76. The minimum atomic E-state index is -0.558. The normalized spacial score (nSPS) is 17.8. The zero-order valence-electron chi connectivity index (χ0n) is 32.3. The number of benzene rings is 3. The Morgan fingerprint density at radius 3 is 2.36 bits per heavy atom. The molecule has 3 heterocycles. The lowest BCUT2D eigenvalue weighted by Crippen LogP contribution is -2.41. The Morgan fingerprint density at radius 2 is 1.69 bits per heavy atom. The summed E-state index contributed by atoms with van der Waals surface area (Å²) < 4.78 is 24.6. The zero-order valence-corrected chi connectivity index (χ0v) is 33.8. The second kappa shape index (κ2) is 17.7. The molecule has 6 rings (SSSR count). The maximum absolute atomic E-state index is 14.4. The van der Waals surface area contributed by atoms with Crippen LogP contribution < -0.4 is 14.2 Å². The summed E-state index contributed by atoms with van der Waals surface area (Å²) in [5.74, 6) is 0.496. The van der Waals surface area contributed by atoms with Gasteiger partial charge in [-0.1, -0.05) is 48.3 Å². The van der Waals surface area contributed by atoms with Gasteiger partial charge in [0.05, 0.1) is 47.5 Å². The van der Waals surface area contributed by atoms with Crippen molar-refractivity contribution >= 4 is 51.9 Å². The number of rotatable bonds is 15. The fourth-order valence-corrected chi connectivity index (χ4v) is 8.48. The number of carbonyl (C=O) groups excluding carboxylic acids is 3. The monoisotopic (exact) mass is 792 g/mol. The van der Waals surface area contributed by atoms with Gasteiger partial charge in [-0.15, -0.1) is 0 Å². The van der Waals surface area contributed by atoms with Gasteiger partial charge >= 0.3 is 5.97 Å². The number of aromatic nitrogens is 2. The molecule has 55 heavy (non-hydrogen) atoms. The van der Waals surface area contributed by atoms with Crippen molar-refractivity contribution in [3.05, 3.63) is 81.1 Å². The highest BCUT2D eigenvalue weighted by Gasteiger charge is 2.43. The highest BCUT2D eigenvalue weighted by atomic mass is 35.5. The maximum atomic E-state index is 14.4. The van der Waals surface area contributed by atoms with E-state index in [1.54, 1.807) is 11.0 Å². The van der Waals surface area contributed by atoms with E-state index in [1.807, 2.05) is 60.9 Å². The van der Waals surface area contributed by atoms with E-state index in [0.29, 0.717) is 78.6 Å². The number of Topliss-reactive ketones (excluding diaryl/α,β-unsaturated/α-hetero) is 1. The molecular weight excluding hydrogens is 743 g/mol.